The van der Waals surface area contributed by atoms with E-state index in [9.17, 15) is 15.2 Å². The van der Waals surface area contributed by atoms with E-state index in [0.717, 1.165) is 53.0 Å². The van der Waals surface area contributed by atoms with Crippen LogP contribution in [0.5, 0.6) is 17.4 Å². The van der Waals surface area contributed by atoms with Crippen LogP contribution in [0.25, 0.3) is 22.3 Å². The number of carboxylic acid groups (broad SMARTS) is 1. The second-order valence-corrected chi connectivity index (χ2v) is 11.5. The number of pyridine rings is 1. The van der Waals surface area contributed by atoms with E-state index >= 15 is 0 Å². The fraction of sp³-hybridized carbons (Fsp3) is 0.278. The highest BCUT2D eigenvalue weighted by atomic mass is 16.5. The molecule has 1 fully saturated rings. The Morgan fingerprint density at radius 2 is 1.96 bits per heavy atom. The molecule has 0 saturated carbocycles. The number of aryl methyl sites for hydroxylation is 1. The number of ether oxygens (including phenoxy) is 4. The number of fused-ring (bicyclic) bond motifs is 7. The van der Waals surface area contributed by atoms with Gasteiger partial charge >= 0.3 is 5.97 Å². The average molecular weight is 617 g/mol. The molecule has 0 spiro atoms. The molecule has 1 N–H and O–H groups in total. The highest BCUT2D eigenvalue weighted by molar-refractivity contribution is 5.95. The maximum atomic E-state index is 11.9. The minimum absolute atomic E-state index is 0.0253. The quantitative estimate of drug-likeness (QED) is 0.246. The second kappa shape index (κ2) is 12.5. The monoisotopic (exact) mass is 616 g/mol. The van der Waals surface area contributed by atoms with Gasteiger partial charge in [0.25, 0.3) is 0 Å². The SMILES string of the molecule is COc1cc(C(=O)O)cc2c1nc(Cc1ccc3cc1OCCCc1cc(C#N)ccc1COc1cccc-3n1)n2C[C@@H]1CCO1. The van der Waals surface area contributed by atoms with E-state index in [0.29, 0.717) is 66.8 Å². The van der Waals surface area contributed by atoms with E-state index in [1.807, 2.05) is 59.2 Å². The minimum Gasteiger partial charge on any atom is -0.494 e. The van der Waals surface area contributed by atoms with Gasteiger partial charge in [0.05, 0.1) is 54.8 Å². The summed E-state index contributed by atoms with van der Waals surface area (Å²) in [7, 11) is 1.52. The molecule has 3 aromatic carbocycles. The molecule has 0 radical (unpaired) electrons. The number of nitriles is 1. The summed E-state index contributed by atoms with van der Waals surface area (Å²) >= 11 is 0. The topological polar surface area (TPSA) is 129 Å². The van der Waals surface area contributed by atoms with Gasteiger partial charge < -0.3 is 28.6 Å². The molecule has 232 valence electrons. The molecule has 0 unspecified atom stereocenters. The van der Waals surface area contributed by atoms with E-state index < -0.39 is 5.97 Å². The van der Waals surface area contributed by atoms with Crippen molar-refractivity contribution in [2.24, 2.45) is 0 Å². The molecule has 7 rings (SSSR count). The lowest BCUT2D eigenvalue weighted by Crippen LogP contribution is -2.31. The van der Waals surface area contributed by atoms with Gasteiger partial charge in [-0.3, -0.25) is 0 Å². The number of rotatable bonds is 6. The van der Waals surface area contributed by atoms with Crippen LogP contribution in [0.15, 0.2) is 66.7 Å². The number of hydrogen-bond acceptors (Lipinski definition) is 8. The molecule has 0 aliphatic carbocycles. The number of hydrogen-bond donors (Lipinski definition) is 1. The van der Waals surface area contributed by atoms with Crippen LogP contribution in [-0.2, 0) is 30.7 Å². The highest BCUT2D eigenvalue weighted by Gasteiger charge is 2.25. The molecule has 10 nitrogen and oxygen atoms in total. The van der Waals surface area contributed by atoms with Crippen LogP contribution in [-0.4, -0.2) is 52.0 Å². The molecule has 0 amide bonds. The fourth-order valence-electron chi connectivity index (χ4n) is 5.98. The summed E-state index contributed by atoms with van der Waals surface area (Å²) in [5, 5.41) is 19.3. The highest BCUT2D eigenvalue weighted by Crippen LogP contribution is 2.34. The van der Waals surface area contributed by atoms with Gasteiger partial charge in [-0.25, -0.2) is 14.8 Å². The first-order chi connectivity index (χ1) is 22.5. The molecule has 2 aromatic heterocycles. The molecular formula is C36H32N4O6. The second-order valence-electron chi connectivity index (χ2n) is 11.5. The van der Waals surface area contributed by atoms with Crippen molar-refractivity contribution >= 4 is 17.0 Å². The van der Waals surface area contributed by atoms with E-state index in [1.165, 1.54) is 13.2 Å². The van der Waals surface area contributed by atoms with Crippen LogP contribution in [0.1, 0.15) is 51.3 Å². The Balaban J connectivity index is 1.27. The van der Waals surface area contributed by atoms with Gasteiger partial charge in [0.2, 0.25) is 5.88 Å². The number of aromatic nitrogens is 3. The van der Waals surface area contributed by atoms with Crippen molar-refractivity contribution in [2.75, 3.05) is 20.3 Å². The first-order valence-corrected chi connectivity index (χ1v) is 15.3. The van der Waals surface area contributed by atoms with Gasteiger partial charge in [-0.05, 0) is 66.8 Å². The van der Waals surface area contributed by atoms with Gasteiger partial charge in [0, 0.05) is 30.2 Å². The summed E-state index contributed by atoms with van der Waals surface area (Å²) in [4.78, 5) is 21.7. The molecular weight excluding hydrogens is 584 g/mol. The first-order valence-electron chi connectivity index (χ1n) is 15.3. The molecule has 1 saturated heterocycles. The van der Waals surface area contributed by atoms with Crippen LogP contribution in [0, 0.1) is 11.3 Å². The zero-order valence-electron chi connectivity index (χ0n) is 25.4. The van der Waals surface area contributed by atoms with Crippen molar-refractivity contribution in [2.45, 2.75) is 44.9 Å². The third-order valence-electron chi connectivity index (χ3n) is 8.54. The van der Waals surface area contributed by atoms with Crippen molar-refractivity contribution in [3.05, 3.63) is 100 Å². The van der Waals surface area contributed by atoms with Gasteiger partial charge in [-0.15, -0.1) is 0 Å². The summed E-state index contributed by atoms with van der Waals surface area (Å²) in [5.41, 5.74) is 6.67. The van der Waals surface area contributed by atoms with Crippen molar-refractivity contribution in [3.8, 4) is 34.7 Å². The summed E-state index contributed by atoms with van der Waals surface area (Å²) in [6.07, 6.45) is 2.85. The molecule has 1 atom stereocenters. The molecule has 2 aliphatic rings. The maximum absolute atomic E-state index is 11.9. The number of imidazole rings is 1. The largest absolute Gasteiger partial charge is 0.494 e. The van der Waals surface area contributed by atoms with Crippen LogP contribution in [0.4, 0.5) is 0 Å². The molecule has 5 aromatic rings. The lowest BCUT2D eigenvalue weighted by atomic mass is 10.0. The fourth-order valence-corrected chi connectivity index (χ4v) is 5.98. The van der Waals surface area contributed by atoms with Gasteiger partial charge in [0.15, 0.2) is 0 Å². The molecule has 4 bridgehead atoms. The van der Waals surface area contributed by atoms with Crippen LogP contribution < -0.4 is 14.2 Å². The number of methoxy groups -OCH3 is 1. The Morgan fingerprint density at radius 3 is 2.74 bits per heavy atom. The van der Waals surface area contributed by atoms with Crippen LogP contribution in [0.2, 0.25) is 0 Å². The zero-order valence-corrected chi connectivity index (χ0v) is 25.4. The summed E-state index contributed by atoms with van der Waals surface area (Å²) in [6.45, 7) is 2.07. The van der Waals surface area contributed by atoms with Crippen LogP contribution in [0.3, 0.4) is 0 Å². The number of carboxylic acids is 1. The predicted octanol–water partition coefficient (Wildman–Crippen LogP) is 5.96. The first kappa shape index (κ1) is 29.3. The summed E-state index contributed by atoms with van der Waals surface area (Å²) in [5.74, 6) is 1.36. The lowest BCUT2D eigenvalue weighted by molar-refractivity contribution is -0.0589. The van der Waals surface area contributed by atoms with Crippen molar-refractivity contribution in [1.82, 2.24) is 14.5 Å². The maximum Gasteiger partial charge on any atom is 0.335 e. The average Bonchev–Trinajstić information content (AvgIpc) is 3.40. The van der Waals surface area contributed by atoms with E-state index in [1.54, 1.807) is 6.07 Å². The predicted molar refractivity (Wildman–Crippen MR) is 169 cm³/mol. The Hall–Kier alpha value is -5.40. The third-order valence-corrected chi connectivity index (χ3v) is 8.54. The normalized spacial score (nSPS) is 15.8. The number of aromatic carboxylic acids is 1. The lowest BCUT2D eigenvalue weighted by Gasteiger charge is -2.27. The Morgan fingerprint density at radius 1 is 1.07 bits per heavy atom. The van der Waals surface area contributed by atoms with Crippen molar-refractivity contribution in [1.29, 1.82) is 5.26 Å². The third kappa shape index (κ3) is 5.85. The summed E-state index contributed by atoms with van der Waals surface area (Å²) < 4.78 is 26.0. The van der Waals surface area contributed by atoms with Gasteiger partial charge in [-0.1, -0.05) is 24.3 Å². The van der Waals surface area contributed by atoms with Crippen LogP contribution >= 0.6 is 0 Å². The minimum atomic E-state index is -1.03. The smallest absolute Gasteiger partial charge is 0.335 e. The Bertz CT molecular complexity index is 1990. The Kier molecular flexibility index (Phi) is 7.99. The number of nitrogens with zero attached hydrogens (tertiary/aromatic N) is 4. The Labute approximate surface area is 265 Å². The van der Waals surface area contributed by atoms with Crippen molar-refractivity contribution < 1.29 is 28.8 Å². The van der Waals surface area contributed by atoms with E-state index in [2.05, 4.69) is 6.07 Å². The number of carbonyl (C=O) groups is 1. The standard InChI is InChI=1S/C36H32N4O6/c1-43-32-17-27(36(41)42)15-30-35(32)39-33(40(30)20-28-11-13-44-28)18-25-10-9-24-16-31(25)45-12-3-4-23-14-22(19-37)7-8-26(23)21-46-34-6-2-5-29(24)38-34/h2,5-10,14-17,28H,3-4,11-13,18,20-21H2,1H3,(H,41,42)/t28-/m0/s1. The molecule has 2 aliphatic heterocycles. The molecule has 4 heterocycles. The zero-order chi connectivity index (χ0) is 31.6. The van der Waals surface area contributed by atoms with Crippen molar-refractivity contribution in [3.63, 3.8) is 0 Å². The number of benzene rings is 3. The van der Waals surface area contributed by atoms with E-state index in [-0.39, 0.29) is 11.7 Å². The van der Waals surface area contributed by atoms with Gasteiger partial charge in [0.1, 0.15) is 29.4 Å². The van der Waals surface area contributed by atoms with Gasteiger partial charge in [-0.2, -0.15) is 5.26 Å². The molecule has 46 heavy (non-hydrogen) atoms. The molecule has 10 heteroatoms. The van der Waals surface area contributed by atoms with E-state index in [4.69, 9.17) is 28.9 Å². The summed E-state index contributed by atoms with van der Waals surface area (Å²) in [6, 6.07) is 22.8.